The molecule has 0 aliphatic rings. The zero-order valence-electron chi connectivity index (χ0n) is 8.71. The summed E-state index contributed by atoms with van der Waals surface area (Å²) in [6, 6.07) is 13.6. The van der Waals surface area contributed by atoms with E-state index >= 15 is 0 Å². The lowest BCUT2D eigenvalue weighted by atomic mass is 10.0. The van der Waals surface area contributed by atoms with E-state index in [1.165, 1.54) is 0 Å². The van der Waals surface area contributed by atoms with Crippen LogP contribution in [0.5, 0.6) is 5.75 Å². The van der Waals surface area contributed by atoms with Gasteiger partial charge in [0.2, 0.25) is 0 Å². The van der Waals surface area contributed by atoms with Crippen molar-refractivity contribution in [2.45, 2.75) is 0 Å². The normalized spacial score (nSPS) is 10.2. The van der Waals surface area contributed by atoms with Crippen LogP contribution in [0.25, 0.3) is 11.1 Å². The molecule has 0 aliphatic heterocycles. The van der Waals surface area contributed by atoms with Crippen LogP contribution in [0.15, 0.2) is 46.9 Å². The van der Waals surface area contributed by atoms with Crippen LogP contribution < -0.4 is 4.74 Å². The van der Waals surface area contributed by atoms with Gasteiger partial charge in [0.25, 0.3) is 0 Å². The second-order valence-corrected chi connectivity index (χ2v) is 4.65. The molecule has 0 saturated carbocycles. The molecule has 0 radical (unpaired) electrons. The molecule has 0 atom stereocenters. The Morgan fingerprint density at radius 3 is 2.50 bits per heavy atom. The Bertz CT molecular complexity index is 511. The molecule has 2 aromatic rings. The highest BCUT2D eigenvalue weighted by Crippen LogP contribution is 2.36. The molecule has 0 saturated heterocycles. The van der Waals surface area contributed by atoms with Crippen LogP contribution in [0.1, 0.15) is 0 Å². The molecule has 2 aromatic carbocycles. The maximum atomic E-state index is 6.17. The lowest BCUT2D eigenvalue weighted by Gasteiger charge is -2.10. The molecule has 0 aliphatic carbocycles. The van der Waals surface area contributed by atoms with E-state index in [1.807, 2.05) is 42.5 Å². The minimum Gasteiger partial charge on any atom is -0.496 e. The van der Waals surface area contributed by atoms with Crippen molar-refractivity contribution in [2.24, 2.45) is 0 Å². The van der Waals surface area contributed by atoms with Gasteiger partial charge < -0.3 is 4.74 Å². The Balaban J connectivity index is 2.63. The van der Waals surface area contributed by atoms with Gasteiger partial charge in [-0.3, -0.25) is 0 Å². The molecule has 3 heteroatoms. The quantitative estimate of drug-likeness (QED) is 0.775. The average molecular weight is 298 g/mol. The number of hydrogen-bond acceptors (Lipinski definition) is 1. The summed E-state index contributed by atoms with van der Waals surface area (Å²) >= 11 is 9.62. The van der Waals surface area contributed by atoms with E-state index in [0.717, 1.165) is 26.4 Å². The first-order valence-corrected chi connectivity index (χ1v) is 5.98. The van der Waals surface area contributed by atoms with Crippen molar-refractivity contribution in [2.75, 3.05) is 7.11 Å². The van der Waals surface area contributed by atoms with Gasteiger partial charge in [-0.2, -0.15) is 0 Å². The Hall–Kier alpha value is -0.990. The zero-order valence-corrected chi connectivity index (χ0v) is 11.0. The standard InChI is InChI=1S/C13H10BrClO/c1-16-13-7-6-9(14)8-11(13)10-4-2-3-5-12(10)15/h2-8H,1H3. The summed E-state index contributed by atoms with van der Waals surface area (Å²) in [5.74, 6) is 0.816. The van der Waals surface area contributed by atoms with Crippen molar-refractivity contribution >= 4 is 27.5 Å². The lowest BCUT2D eigenvalue weighted by molar-refractivity contribution is 0.416. The summed E-state index contributed by atoms with van der Waals surface area (Å²) in [4.78, 5) is 0. The van der Waals surface area contributed by atoms with Crippen molar-refractivity contribution in [3.63, 3.8) is 0 Å². The fourth-order valence-electron chi connectivity index (χ4n) is 1.57. The minimum absolute atomic E-state index is 0.721. The second-order valence-electron chi connectivity index (χ2n) is 3.32. The number of benzene rings is 2. The summed E-state index contributed by atoms with van der Waals surface area (Å²) in [5.41, 5.74) is 1.96. The predicted octanol–water partition coefficient (Wildman–Crippen LogP) is 4.78. The van der Waals surface area contributed by atoms with Gasteiger partial charge in [-0.05, 0) is 24.3 Å². The third kappa shape index (κ3) is 2.23. The summed E-state index contributed by atoms with van der Waals surface area (Å²) < 4.78 is 6.33. The van der Waals surface area contributed by atoms with Gasteiger partial charge in [0, 0.05) is 20.6 Å². The van der Waals surface area contributed by atoms with E-state index in [2.05, 4.69) is 15.9 Å². The minimum atomic E-state index is 0.721. The molecular formula is C13H10BrClO. The van der Waals surface area contributed by atoms with Gasteiger partial charge >= 0.3 is 0 Å². The lowest BCUT2D eigenvalue weighted by Crippen LogP contribution is -1.88. The van der Waals surface area contributed by atoms with E-state index in [1.54, 1.807) is 7.11 Å². The summed E-state index contributed by atoms with van der Waals surface area (Å²) in [5, 5.41) is 0.721. The molecule has 82 valence electrons. The molecule has 0 heterocycles. The molecule has 0 amide bonds. The number of halogens is 2. The second kappa shape index (κ2) is 4.89. The van der Waals surface area contributed by atoms with E-state index in [0.29, 0.717) is 0 Å². The molecule has 16 heavy (non-hydrogen) atoms. The predicted molar refractivity (Wildman–Crippen MR) is 71.1 cm³/mol. The van der Waals surface area contributed by atoms with Crippen LogP contribution in [0.4, 0.5) is 0 Å². The molecule has 2 rings (SSSR count). The molecule has 0 N–H and O–H groups in total. The topological polar surface area (TPSA) is 9.23 Å². The highest BCUT2D eigenvalue weighted by atomic mass is 79.9. The van der Waals surface area contributed by atoms with Crippen molar-refractivity contribution in [3.8, 4) is 16.9 Å². The third-order valence-electron chi connectivity index (χ3n) is 2.33. The third-order valence-corrected chi connectivity index (χ3v) is 3.15. The van der Waals surface area contributed by atoms with Crippen LogP contribution in [0.3, 0.4) is 0 Å². The van der Waals surface area contributed by atoms with Gasteiger partial charge in [-0.25, -0.2) is 0 Å². The fourth-order valence-corrected chi connectivity index (χ4v) is 2.17. The van der Waals surface area contributed by atoms with Crippen molar-refractivity contribution < 1.29 is 4.74 Å². The highest BCUT2D eigenvalue weighted by Gasteiger charge is 2.09. The highest BCUT2D eigenvalue weighted by molar-refractivity contribution is 9.10. The Morgan fingerprint density at radius 2 is 1.81 bits per heavy atom. The monoisotopic (exact) mass is 296 g/mol. The van der Waals surface area contributed by atoms with Gasteiger partial charge in [-0.15, -0.1) is 0 Å². The van der Waals surface area contributed by atoms with Crippen molar-refractivity contribution in [1.82, 2.24) is 0 Å². The Kier molecular flexibility index (Phi) is 3.52. The van der Waals surface area contributed by atoms with E-state index < -0.39 is 0 Å². The van der Waals surface area contributed by atoms with Gasteiger partial charge in [-0.1, -0.05) is 45.7 Å². The first-order chi connectivity index (χ1) is 7.72. The summed E-state index contributed by atoms with van der Waals surface area (Å²) in [6.45, 7) is 0. The maximum absolute atomic E-state index is 6.17. The molecule has 0 aromatic heterocycles. The van der Waals surface area contributed by atoms with Crippen LogP contribution in [-0.2, 0) is 0 Å². The first-order valence-electron chi connectivity index (χ1n) is 4.81. The SMILES string of the molecule is COc1ccc(Br)cc1-c1ccccc1Cl. The molecular weight excluding hydrogens is 287 g/mol. The molecule has 0 unspecified atom stereocenters. The number of ether oxygens (including phenoxy) is 1. The van der Waals surface area contributed by atoms with Crippen molar-refractivity contribution in [3.05, 3.63) is 52.0 Å². The largest absolute Gasteiger partial charge is 0.496 e. The molecule has 1 nitrogen and oxygen atoms in total. The smallest absolute Gasteiger partial charge is 0.126 e. The van der Waals surface area contributed by atoms with E-state index in [-0.39, 0.29) is 0 Å². The van der Waals surface area contributed by atoms with Crippen molar-refractivity contribution in [1.29, 1.82) is 0 Å². The van der Waals surface area contributed by atoms with E-state index in [4.69, 9.17) is 16.3 Å². The van der Waals surface area contributed by atoms with E-state index in [9.17, 15) is 0 Å². The molecule has 0 fully saturated rings. The summed E-state index contributed by atoms with van der Waals surface area (Å²) in [6.07, 6.45) is 0. The van der Waals surface area contributed by atoms with Crippen LogP contribution in [0.2, 0.25) is 5.02 Å². The molecule has 0 spiro atoms. The molecule has 0 bridgehead atoms. The summed E-state index contributed by atoms with van der Waals surface area (Å²) in [7, 11) is 1.66. The number of rotatable bonds is 2. The number of hydrogen-bond donors (Lipinski definition) is 0. The zero-order chi connectivity index (χ0) is 11.5. The first kappa shape index (κ1) is 11.5. The average Bonchev–Trinajstić information content (AvgIpc) is 2.29. The van der Waals surface area contributed by atoms with Crippen LogP contribution >= 0.6 is 27.5 Å². The number of methoxy groups -OCH3 is 1. The van der Waals surface area contributed by atoms with Crippen LogP contribution in [0, 0.1) is 0 Å². The Labute approximate surface area is 108 Å². The van der Waals surface area contributed by atoms with Crippen LogP contribution in [-0.4, -0.2) is 7.11 Å². The Morgan fingerprint density at radius 1 is 1.06 bits per heavy atom. The van der Waals surface area contributed by atoms with Gasteiger partial charge in [0.05, 0.1) is 7.11 Å². The maximum Gasteiger partial charge on any atom is 0.126 e. The van der Waals surface area contributed by atoms with Gasteiger partial charge in [0.15, 0.2) is 0 Å². The van der Waals surface area contributed by atoms with Gasteiger partial charge in [0.1, 0.15) is 5.75 Å². The fraction of sp³-hybridized carbons (Fsp3) is 0.0769.